The second-order valence-corrected chi connectivity index (χ2v) is 6.50. The summed E-state index contributed by atoms with van der Waals surface area (Å²) in [5, 5.41) is 23.4. The summed E-state index contributed by atoms with van der Waals surface area (Å²) in [6.07, 6.45) is 0.604. The van der Waals surface area contributed by atoms with E-state index < -0.39 is 47.9 Å². The maximum atomic E-state index is 12.2. The van der Waals surface area contributed by atoms with Crippen LogP contribution in [0.2, 0.25) is 0 Å². The summed E-state index contributed by atoms with van der Waals surface area (Å²) in [5.41, 5.74) is 10.6. The summed E-state index contributed by atoms with van der Waals surface area (Å²) in [6, 6.07) is -3.60. The molecule has 0 aromatic heterocycles. The van der Waals surface area contributed by atoms with Crippen molar-refractivity contribution in [1.82, 2.24) is 10.6 Å². The van der Waals surface area contributed by atoms with Crippen LogP contribution >= 0.6 is 11.8 Å². The lowest BCUT2D eigenvalue weighted by Gasteiger charge is -2.24. The molecule has 0 aliphatic heterocycles. The molecule has 144 valence electrons. The van der Waals surface area contributed by atoms with Gasteiger partial charge in [-0.2, -0.15) is 11.8 Å². The monoisotopic (exact) mass is 378 g/mol. The molecule has 0 aromatic rings. The Balaban J connectivity index is 4.85. The Labute approximate surface area is 150 Å². The van der Waals surface area contributed by atoms with Crippen molar-refractivity contribution in [1.29, 1.82) is 0 Å². The number of amides is 3. The number of primary amides is 1. The summed E-state index contributed by atoms with van der Waals surface area (Å²) in [7, 11) is 0. The topological polar surface area (TPSA) is 185 Å². The second-order valence-electron chi connectivity index (χ2n) is 5.52. The van der Waals surface area contributed by atoms with Crippen molar-refractivity contribution < 1.29 is 29.4 Å². The highest BCUT2D eigenvalue weighted by Crippen LogP contribution is 2.03. The molecule has 11 heteroatoms. The molecule has 0 bridgehead atoms. The number of aliphatic carboxylic acids is 1. The number of thioether (sulfide) groups is 1. The second kappa shape index (κ2) is 11.7. The number of aliphatic hydroxyl groups excluding tert-OH is 1. The fourth-order valence-electron chi connectivity index (χ4n) is 1.85. The molecule has 0 saturated carbocycles. The number of nitrogens with two attached hydrogens (primary N) is 2. The first-order valence-electron chi connectivity index (χ1n) is 7.64. The standard InChI is InChI=1S/C14H26N4O6S/c1-7(19)11(18-12(21)8(15)3-4-10(16)20)13(22)17-9(14(23)24)5-6-25-2/h7-9,11,19H,3-6,15H2,1-2H3,(H2,16,20)(H,17,22)(H,18,21)(H,23,24)/t7-,8+,9+,11+/m1/s1. The van der Waals surface area contributed by atoms with E-state index in [1.807, 2.05) is 0 Å². The van der Waals surface area contributed by atoms with E-state index in [0.717, 1.165) is 0 Å². The van der Waals surface area contributed by atoms with Crippen molar-refractivity contribution in [2.24, 2.45) is 11.5 Å². The number of carboxylic acid groups (broad SMARTS) is 1. The van der Waals surface area contributed by atoms with Gasteiger partial charge < -0.3 is 32.3 Å². The molecule has 0 aliphatic carbocycles. The molecule has 4 atom stereocenters. The van der Waals surface area contributed by atoms with Gasteiger partial charge in [0, 0.05) is 6.42 Å². The number of carboxylic acids is 1. The van der Waals surface area contributed by atoms with Gasteiger partial charge in [0.1, 0.15) is 12.1 Å². The molecule has 0 aliphatic rings. The van der Waals surface area contributed by atoms with E-state index in [1.54, 1.807) is 6.26 Å². The molecule has 10 nitrogen and oxygen atoms in total. The van der Waals surface area contributed by atoms with E-state index >= 15 is 0 Å². The minimum atomic E-state index is -1.37. The quantitative estimate of drug-likeness (QED) is 0.220. The highest BCUT2D eigenvalue weighted by molar-refractivity contribution is 7.98. The third-order valence-corrected chi connectivity index (χ3v) is 3.97. The van der Waals surface area contributed by atoms with Gasteiger partial charge in [0.05, 0.1) is 12.1 Å². The first-order valence-corrected chi connectivity index (χ1v) is 9.04. The van der Waals surface area contributed by atoms with Gasteiger partial charge in [-0.1, -0.05) is 0 Å². The first kappa shape index (κ1) is 23.1. The van der Waals surface area contributed by atoms with Crippen LogP contribution in [-0.4, -0.2) is 70.1 Å². The zero-order chi connectivity index (χ0) is 19.6. The molecule has 3 amide bonds. The minimum Gasteiger partial charge on any atom is -0.480 e. The van der Waals surface area contributed by atoms with Crippen molar-refractivity contribution >= 4 is 35.5 Å². The Kier molecular flexibility index (Phi) is 10.8. The summed E-state index contributed by atoms with van der Waals surface area (Å²) < 4.78 is 0. The van der Waals surface area contributed by atoms with Crippen molar-refractivity contribution in [3.05, 3.63) is 0 Å². The van der Waals surface area contributed by atoms with Gasteiger partial charge in [0.15, 0.2) is 0 Å². The molecule has 0 unspecified atom stereocenters. The highest BCUT2D eigenvalue weighted by atomic mass is 32.2. The van der Waals surface area contributed by atoms with Crippen molar-refractivity contribution in [2.45, 2.75) is 50.4 Å². The van der Waals surface area contributed by atoms with Gasteiger partial charge in [-0.15, -0.1) is 0 Å². The van der Waals surface area contributed by atoms with Crippen LogP contribution in [0.3, 0.4) is 0 Å². The third-order valence-electron chi connectivity index (χ3n) is 3.33. The molecule has 8 N–H and O–H groups in total. The molecule has 0 saturated heterocycles. The van der Waals surface area contributed by atoms with Crippen LogP contribution in [0.15, 0.2) is 0 Å². The minimum absolute atomic E-state index is 0.0131. The number of carbonyl (C=O) groups is 4. The van der Waals surface area contributed by atoms with Crippen molar-refractivity contribution in [3.8, 4) is 0 Å². The van der Waals surface area contributed by atoms with Gasteiger partial charge in [-0.25, -0.2) is 4.79 Å². The van der Waals surface area contributed by atoms with E-state index in [0.29, 0.717) is 5.75 Å². The molecule has 0 fully saturated rings. The molecule has 0 rings (SSSR count). The van der Waals surface area contributed by atoms with Crippen molar-refractivity contribution in [2.75, 3.05) is 12.0 Å². The van der Waals surface area contributed by atoms with Crippen LogP contribution in [0.25, 0.3) is 0 Å². The van der Waals surface area contributed by atoms with E-state index in [-0.39, 0.29) is 19.3 Å². The molecule has 0 radical (unpaired) electrons. The lowest BCUT2D eigenvalue weighted by atomic mass is 10.1. The molecule has 0 aromatic carbocycles. The SMILES string of the molecule is CSCC[C@H](NC(=O)[C@@H](NC(=O)[C@@H](N)CCC(N)=O)[C@@H](C)O)C(=O)O. The summed E-state index contributed by atoms with van der Waals surface area (Å²) in [5.74, 6) is -2.90. The Bertz CT molecular complexity index is 488. The van der Waals surface area contributed by atoms with Gasteiger partial charge in [-0.05, 0) is 31.8 Å². The maximum absolute atomic E-state index is 12.2. The lowest BCUT2D eigenvalue weighted by Crippen LogP contribution is -2.58. The van der Waals surface area contributed by atoms with Crippen LogP contribution in [0.1, 0.15) is 26.2 Å². The van der Waals surface area contributed by atoms with E-state index in [4.69, 9.17) is 16.6 Å². The van der Waals surface area contributed by atoms with Crippen LogP contribution in [0, 0.1) is 0 Å². The molecule has 0 heterocycles. The van der Waals surface area contributed by atoms with Crippen LogP contribution in [0.5, 0.6) is 0 Å². The largest absolute Gasteiger partial charge is 0.480 e. The fourth-order valence-corrected chi connectivity index (χ4v) is 2.32. The lowest BCUT2D eigenvalue weighted by molar-refractivity contribution is -0.143. The number of rotatable bonds is 12. The number of carbonyl (C=O) groups excluding carboxylic acids is 3. The normalized spacial score (nSPS) is 15.5. The summed E-state index contributed by atoms with van der Waals surface area (Å²) in [4.78, 5) is 46.1. The highest BCUT2D eigenvalue weighted by Gasteiger charge is 2.30. The molecular weight excluding hydrogens is 352 g/mol. The molecule has 0 spiro atoms. The predicted molar refractivity (Wildman–Crippen MR) is 92.6 cm³/mol. The Morgan fingerprint density at radius 3 is 2.16 bits per heavy atom. The Morgan fingerprint density at radius 2 is 1.72 bits per heavy atom. The first-order chi connectivity index (χ1) is 11.6. The van der Waals surface area contributed by atoms with Crippen LogP contribution in [0.4, 0.5) is 0 Å². The van der Waals surface area contributed by atoms with Gasteiger partial charge in [0.2, 0.25) is 17.7 Å². The van der Waals surface area contributed by atoms with Gasteiger partial charge >= 0.3 is 5.97 Å². The molecule has 25 heavy (non-hydrogen) atoms. The summed E-state index contributed by atoms with van der Waals surface area (Å²) in [6.45, 7) is 1.27. The predicted octanol–water partition coefficient (Wildman–Crippen LogP) is -2.23. The van der Waals surface area contributed by atoms with Crippen molar-refractivity contribution in [3.63, 3.8) is 0 Å². The van der Waals surface area contributed by atoms with Crippen LogP contribution < -0.4 is 22.1 Å². The molecular formula is C14H26N4O6S. The Hall–Kier alpha value is -1.85. The van der Waals surface area contributed by atoms with E-state index in [2.05, 4.69) is 10.6 Å². The Morgan fingerprint density at radius 1 is 1.12 bits per heavy atom. The maximum Gasteiger partial charge on any atom is 0.326 e. The number of aliphatic hydroxyl groups is 1. The van der Waals surface area contributed by atoms with E-state index in [9.17, 15) is 24.3 Å². The van der Waals surface area contributed by atoms with Gasteiger partial charge in [-0.3, -0.25) is 14.4 Å². The number of hydrogen-bond donors (Lipinski definition) is 6. The summed E-state index contributed by atoms with van der Waals surface area (Å²) >= 11 is 1.42. The fraction of sp³-hybridized carbons (Fsp3) is 0.714. The van der Waals surface area contributed by atoms with Gasteiger partial charge in [0.25, 0.3) is 0 Å². The number of nitrogens with one attached hydrogen (secondary N) is 2. The zero-order valence-electron chi connectivity index (χ0n) is 14.2. The smallest absolute Gasteiger partial charge is 0.326 e. The average molecular weight is 378 g/mol. The van der Waals surface area contributed by atoms with Crippen LogP contribution in [-0.2, 0) is 19.2 Å². The number of hydrogen-bond acceptors (Lipinski definition) is 7. The zero-order valence-corrected chi connectivity index (χ0v) is 15.0. The average Bonchev–Trinajstić information content (AvgIpc) is 2.52. The third kappa shape index (κ3) is 9.27. The van der Waals surface area contributed by atoms with E-state index in [1.165, 1.54) is 18.7 Å².